The zero-order valence-corrected chi connectivity index (χ0v) is 15.1. The average Bonchev–Trinajstić information content (AvgIpc) is 2.59. The first kappa shape index (κ1) is 18.0. The van der Waals surface area contributed by atoms with Crippen LogP contribution in [0.4, 0.5) is 0 Å². The molecule has 1 heterocycles. The van der Waals surface area contributed by atoms with Crippen LogP contribution in [0, 0.1) is 0 Å². The van der Waals surface area contributed by atoms with E-state index in [4.69, 9.17) is 9.73 Å². The SMILES string of the molecule is CCNC(=NCC1CCOc2ccccc21)NCCCCSC. The Labute approximate surface area is 144 Å². The number of nitrogens with one attached hydrogen (secondary N) is 2. The maximum Gasteiger partial charge on any atom is 0.191 e. The maximum absolute atomic E-state index is 5.73. The molecule has 0 aliphatic carbocycles. The number of fused-ring (bicyclic) bond motifs is 1. The monoisotopic (exact) mass is 335 g/mol. The Balaban J connectivity index is 1.87. The fourth-order valence-corrected chi connectivity index (χ4v) is 3.22. The van der Waals surface area contributed by atoms with Crippen LogP contribution >= 0.6 is 11.8 Å². The second kappa shape index (κ2) is 10.4. The van der Waals surface area contributed by atoms with E-state index < -0.39 is 0 Å². The first-order valence-electron chi connectivity index (χ1n) is 8.58. The molecule has 0 bridgehead atoms. The van der Waals surface area contributed by atoms with Crippen molar-refractivity contribution in [3.63, 3.8) is 0 Å². The Hall–Kier alpha value is -1.36. The summed E-state index contributed by atoms with van der Waals surface area (Å²) in [6.07, 6.45) is 5.63. The van der Waals surface area contributed by atoms with Crippen LogP contribution in [0.15, 0.2) is 29.3 Å². The fourth-order valence-electron chi connectivity index (χ4n) is 2.73. The summed E-state index contributed by atoms with van der Waals surface area (Å²) >= 11 is 1.91. The first-order valence-corrected chi connectivity index (χ1v) is 9.97. The molecular weight excluding hydrogens is 306 g/mol. The van der Waals surface area contributed by atoms with Crippen molar-refractivity contribution < 1.29 is 4.74 Å². The van der Waals surface area contributed by atoms with E-state index in [1.165, 1.54) is 24.2 Å². The van der Waals surface area contributed by atoms with Gasteiger partial charge in [0.15, 0.2) is 5.96 Å². The Kier molecular flexibility index (Phi) is 8.15. The lowest BCUT2D eigenvalue weighted by Gasteiger charge is -2.25. The molecule has 1 aliphatic heterocycles. The molecule has 1 aromatic rings. The smallest absolute Gasteiger partial charge is 0.191 e. The largest absolute Gasteiger partial charge is 0.493 e. The summed E-state index contributed by atoms with van der Waals surface area (Å²) < 4.78 is 5.73. The van der Waals surface area contributed by atoms with Crippen LogP contribution in [0.1, 0.15) is 37.7 Å². The summed E-state index contributed by atoms with van der Waals surface area (Å²) in [5, 5.41) is 6.78. The zero-order chi connectivity index (χ0) is 16.3. The topological polar surface area (TPSA) is 45.7 Å². The number of hydrogen-bond donors (Lipinski definition) is 2. The average molecular weight is 336 g/mol. The van der Waals surface area contributed by atoms with Crippen molar-refractivity contribution in [3.8, 4) is 5.75 Å². The van der Waals surface area contributed by atoms with Gasteiger partial charge in [-0.2, -0.15) is 11.8 Å². The van der Waals surface area contributed by atoms with Gasteiger partial charge in [0.05, 0.1) is 6.61 Å². The van der Waals surface area contributed by atoms with Crippen LogP contribution in [-0.2, 0) is 0 Å². The van der Waals surface area contributed by atoms with E-state index >= 15 is 0 Å². The van der Waals surface area contributed by atoms with Crippen molar-refractivity contribution in [2.24, 2.45) is 4.99 Å². The van der Waals surface area contributed by atoms with Crippen molar-refractivity contribution in [2.75, 3.05) is 38.2 Å². The number of rotatable bonds is 8. The highest BCUT2D eigenvalue weighted by Crippen LogP contribution is 2.33. The zero-order valence-electron chi connectivity index (χ0n) is 14.3. The van der Waals surface area contributed by atoms with Gasteiger partial charge in [0.25, 0.3) is 0 Å². The van der Waals surface area contributed by atoms with E-state index in [9.17, 15) is 0 Å². The summed E-state index contributed by atoms with van der Waals surface area (Å²) in [5.41, 5.74) is 1.29. The van der Waals surface area contributed by atoms with Gasteiger partial charge in [0.2, 0.25) is 0 Å². The third-order valence-corrected chi connectivity index (χ3v) is 4.66. The van der Waals surface area contributed by atoms with E-state index in [1.54, 1.807) is 0 Å². The number of benzene rings is 1. The Morgan fingerprint density at radius 2 is 2.17 bits per heavy atom. The Morgan fingerprint density at radius 3 is 3.00 bits per heavy atom. The molecule has 0 aromatic heterocycles. The number of para-hydroxylation sites is 1. The molecule has 1 unspecified atom stereocenters. The quantitative estimate of drug-likeness (QED) is 0.435. The highest BCUT2D eigenvalue weighted by atomic mass is 32.2. The Bertz CT molecular complexity index is 493. The highest BCUT2D eigenvalue weighted by Gasteiger charge is 2.20. The summed E-state index contributed by atoms with van der Waals surface area (Å²) in [4.78, 5) is 4.79. The van der Waals surface area contributed by atoms with Crippen LogP contribution in [0.2, 0.25) is 0 Å². The summed E-state index contributed by atoms with van der Waals surface area (Å²) in [7, 11) is 0. The van der Waals surface area contributed by atoms with Crippen molar-refractivity contribution >= 4 is 17.7 Å². The lowest BCUT2D eigenvalue weighted by atomic mass is 9.93. The van der Waals surface area contributed by atoms with Gasteiger partial charge in [-0.3, -0.25) is 4.99 Å². The Morgan fingerprint density at radius 1 is 1.30 bits per heavy atom. The van der Waals surface area contributed by atoms with Gasteiger partial charge < -0.3 is 15.4 Å². The third kappa shape index (κ3) is 5.98. The van der Waals surface area contributed by atoms with Crippen LogP contribution in [-0.4, -0.2) is 44.2 Å². The highest BCUT2D eigenvalue weighted by molar-refractivity contribution is 7.98. The molecule has 0 amide bonds. The predicted octanol–water partition coefficient (Wildman–Crippen LogP) is 3.25. The van der Waals surface area contributed by atoms with Crippen molar-refractivity contribution in [3.05, 3.63) is 29.8 Å². The van der Waals surface area contributed by atoms with E-state index in [0.717, 1.165) is 44.4 Å². The van der Waals surface area contributed by atoms with Crippen molar-refractivity contribution in [2.45, 2.75) is 32.1 Å². The summed E-state index contributed by atoms with van der Waals surface area (Å²) in [6, 6.07) is 8.34. The van der Waals surface area contributed by atoms with Gasteiger partial charge in [-0.25, -0.2) is 0 Å². The molecule has 23 heavy (non-hydrogen) atoms. The van der Waals surface area contributed by atoms with E-state index in [-0.39, 0.29) is 0 Å². The maximum atomic E-state index is 5.73. The van der Waals surface area contributed by atoms with Gasteiger partial charge in [-0.05, 0) is 49.8 Å². The minimum Gasteiger partial charge on any atom is -0.493 e. The molecule has 4 nitrogen and oxygen atoms in total. The van der Waals surface area contributed by atoms with Crippen molar-refractivity contribution in [1.29, 1.82) is 0 Å². The van der Waals surface area contributed by atoms with Crippen LogP contribution in [0.3, 0.4) is 0 Å². The number of thioether (sulfide) groups is 1. The van der Waals surface area contributed by atoms with Crippen molar-refractivity contribution in [1.82, 2.24) is 10.6 Å². The van der Waals surface area contributed by atoms with Crippen LogP contribution < -0.4 is 15.4 Å². The summed E-state index contributed by atoms with van der Waals surface area (Å²) in [5.74, 6) is 3.63. The minimum absolute atomic E-state index is 0.451. The minimum atomic E-state index is 0.451. The molecule has 2 rings (SSSR count). The predicted molar refractivity (Wildman–Crippen MR) is 101 cm³/mol. The molecule has 1 aromatic carbocycles. The molecule has 0 radical (unpaired) electrons. The molecule has 1 aliphatic rings. The molecule has 128 valence electrons. The molecule has 0 spiro atoms. The molecule has 5 heteroatoms. The number of nitrogens with zero attached hydrogens (tertiary/aromatic N) is 1. The second-order valence-electron chi connectivity index (χ2n) is 5.72. The number of aliphatic imine (C=N–C) groups is 1. The van der Waals surface area contributed by atoms with Gasteiger partial charge >= 0.3 is 0 Å². The van der Waals surface area contributed by atoms with E-state index in [1.807, 2.05) is 17.8 Å². The van der Waals surface area contributed by atoms with Crippen LogP contribution in [0.25, 0.3) is 0 Å². The standard InChI is InChI=1S/C18H29N3OS/c1-3-19-18(20-11-6-7-13-23-2)21-14-15-10-12-22-17-9-5-4-8-16(15)17/h4-5,8-9,15H,3,6-7,10-14H2,1-2H3,(H2,19,20,21). The lowest BCUT2D eigenvalue weighted by molar-refractivity contribution is 0.269. The number of ether oxygens (including phenoxy) is 1. The number of guanidine groups is 1. The first-order chi connectivity index (χ1) is 11.3. The molecule has 0 saturated carbocycles. The third-order valence-electron chi connectivity index (χ3n) is 3.96. The van der Waals surface area contributed by atoms with E-state index in [0.29, 0.717) is 5.92 Å². The van der Waals surface area contributed by atoms with Gasteiger partial charge in [-0.1, -0.05) is 18.2 Å². The molecule has 0 saturated heterocycles. The normalized spacial score (nSPS) is 17.3. The molecular formula is C18H29N3OS. The van der Waals surface area contributed by atoms with Gasteiger partial charge in [0.1, 0.15) is 5.75 Å². The summed E-state index contributed by atoms with van der Waals surface area (Å²) in [6.45, 7) is 5.57. The molecule has 1 atom stereocenters. The fraction of sp³-hybridized carbons (Fsp3) is 0.611. The second-order valence-corrected chi connectivity index (χ2v) is 6.70. The van der Waals surface area contributed by atoms with E-state index in [2.05, 4.69) is 42.0 Å². The van der Waals surface area contributed by atoms with Crippen LogP contribution in [0.5, 0.6) is 5.75 Å². The molecule has 0 fully saturated rings. The van der Waals surface area contributed by atoms with Gasteiger partial charge in [-0.15, -0.1) is 0 Å². The number of hydrogen-bond acceptors (Lipinski definition) is 3. The lowest BCUT2D eigenvalue weighted by Crippen LogP contribution is -2.38. The molecule has 2 N–H and O–H groups in total. The number of unbranched alkanes of at least 4 members (excludes halogenated alkanes) is 1. The van der Waals surface area contributed by atoms with Gasteiger partial charge in [0, 0.05) is 25.6 Å².